The number of carboxylic acid groups (broad SMARTS) is 1. The smallest absolute Gasteiger partial charge is 0.305 e. The molecule has 0 aliphatic carbocycles. The average molecular weight is 546 g/mol. The van der Waals surface area contributed by atoms with Crippen LogP contribution < -0.4 is 15.4 Å². The van der Waals surface area contributed by atoms with Gasteiger partial charge in [-0.15, -0.1) is 0 Å². The Bertz CT molecular complexity index is 1100. The number of nitrogens with one attached hydrogen (secondary N) is 2. The van der Waals surface area contributed by atoms with E-state index < -0.39 is 36.3 Å². The third-order valence-corrected chi connectivity index (χ3v) is 6.17. The molecule has 1 fully saturated rings. The van der Waals surface area contributed by atoms with Crippen LogP contribution >= 0.6 is 0 Å². The normalized spacial score (nSPS) is 14.6. The van der Waals surface area contributed by atoms with E-state index in [4.69, 9.17) is 9.26 Å². The van der Waals surface area contributed by atoms with Crippen LogP contribution in [0.3, 0.4) is 0 Å². The van der Waals surface area contributed by atoms with Crippen LogP contribution in [-0.2, 0) is 25.6 Å². The van der Waals surface area contributed by atoms with Crippen molar-refractivity contribution in [2.24, 2.45) is 5.92 Å². The number of Topliss-reactive ketones (excluding diaryl/α,β-unsaturated/α-hetero) is 1. The monoisotopic (exact) mass is 545 g/mol. The maximum atomic E-state index is 13.1. The number of likely N-dealkylation sites (tertiary alicyclic amines) is 1. The van der Waals surface area contributed by atoms with Crippen molar-refractivity contribution in [2.45, 2.75) is 65.5 Å². The summed E-state index contributed by atoms with van der Waals surface area (Å²) in [6.07, 6.45) is 2.59. The highest BCUT2D eigenvalue weighted by Gasteiger charge is 2.31. The molecular formula is C27H39N5O7. The van der Waals surface area contributed by atoms with Crippen molar-refractivity contribution in [2.75, 3.05) is 26.7 Å². The molecule has 0 spiro atoms. The highest BCUT2D eigenvalue weighted by molar-refractivity contribution is 5.95. The number of ketones is 1. The topological polar surface area (TPSA) is 164 Å². The number of methoxy groups -OCH3 is 1. The molecule has 214 valence electrons. The Morgan fingerprint density at radius 3 is 2.38 bits per heavy atom. The van der Waals surface area contributed by atoms with Crippen LogP contribution in [0.2, 0.25) is 0 Å². The molecule has 1 aromatic heterocycles. The zero-order valence-electron chi connectivity index (χ0n) is 23.2. The van der Waals surface area contributed by atoms with Gasteiger partial charge in [-0.05, 0) is 50.0 Å². The summed E-state index contributed by atoms with van der Waals surface area (Å²) < 4.78 is 10.4. The van der Waals surface area contributed by atoms with Crippen LogP contribution in [0, 0.1) is 5.92 Å². The van der Waals surface area contributed by atoms with E-state index in [1.54, 1.807) is 32.0 Å². The minimum atomic E-state index is -1.20. The van der Waals surface area contributed by atoms with Crippen LogP contribution in [0.1, 0.15) is 52.5 Å². The molecule has 0 saturated carbocycles. The van der Waals surface area contributed by atoms with E-state index in [9.17, 15) is 24.3 Å². The van der Waals surface area contributed by atoms with Crippen LogP contribution in [0.15, 0.2) is 29.0 Å². The largest absolute Gasteiger partial charge is 0.496 e. The SMILES string of the molecule is CC.COc1ccc(-c2ncno2)cc1CC(=O)NC(C(=O)NC(CC(=O)O)C(=O)CN1CCCC1)C(C)C. The number of aliphatic carboxylic acids is 1. The van der Waals surface area contributed by atoms with Gasteiger partial charge in [0.05, 0.1) is 32.5 Å². The molecule has 0 radical (unpaired) electrons. The van der Waals surface area contributed by atoms with Crippen LogP contribution in [0.5, 0.6) is 5.75 Å². The Hall–Kier alpha value is -3.80. The van der Waals surface area contributed by atoms with Gasteiger partial charge in [-0.3, -0.25) is 24.1 Å². The molecule has 3 rings (SSSR count). The van der Waals surface area contributed by atoms with Gasteiger partial charge in [0.1, 0.15) is 11.8 Å². The molecule has 1 aromatic carbocycles. The fourth-order valence-corrected chi connectivity index (χ4v) is 4.24. The molecule has 3 N–H and O–H groups in total. The average Bonchev–Trinajstić information content (AvgIpc) is 3.62. The van der Waals surface area contributed by atoms with Gasteiger partial charge in [-0.25, -0.2) is 0 Å². The van der Waals surface area contributed by atoms with Gasteiger partial charge in [0, 0.05) is 11.1 Å². The number of rotatable bonds is 13. The predicted octanol–water partition coefficient (Wildman–Crippen LogP) is 2.08. The van der Waals surface area contributed by atoms with Gasteiger partial charge in [0.15, 0.2) is 12.1 Å². The minimum Gasteiger partial charge on any atom is -0.496 e. The lowest BCUT2D eigenvalue weighted by molar-refractivity contribution is -0.141. The first-order valence-electron chi connectivity index (χ1n) is 13.2. The second kappa shape index (κ2) is 15.6. The Balaban J connectivity index is 0.00000260. The molecular weight excluding hydrogens is 506 g/mol. The number of nitrogens with zero attached hydrogens (tertiary/aromatic N) is 3. The first kappa shape index (κ1) is 31.4. The second-order valence-corrected chi connectivity index (χ2v) is 9.35. The van der Waals surface area contributed by atoms with Crippen molar-refractivity contribution in [1.82, 2.24) is 25.7 Å². The zero-order chi connectivity index (χ0) is 28.9. The van der Waals surface area contributed by atoms with Gasteiger partial charge in [-0.2, -0.15) is 4.98 Å². The Kier molecular flexibility index (Phi) is 12.5. The van der Waals surface area contributed by atoms with Crippen molar-refractivity contribution in [3.8, 4) is 17.2 Å². The number of ether oxygens (including phenoxy) is 1. The van der Waals surface area contributed by atoms with Crippen molar-refractivity contribution in [3.63, 3.8) is 0 Å². The molecule has 0 bridgehead atoms. The summed E-state index contributed by atoms with van der Waals surface area (Å²) in [6, 6.07) is 2.93. The summed E-state index contributed by atoms with van der Waals surface area (Å²) in [7, 11) is 1.48. The van der Waals surface area contributed by atoms with Crippen molar-refractivity contribution < 1.29 is 33.5 Å². The van der Waals surface area contributed by atoms with Gasteiger partial charge in [0.25, 0.3) is 5.89 Å². The van der Waals surface area contributed by atoms with Gasteiger partial charge < -0.3 is 25.0 Å². The van der Waals surface area contributed by atoms with E-state index in [-0.39, 0.29) is 30.6 Å². The minimum absolute atomic E-state index is 0.0765. The Morgan fingerprint density at radius 2 is 1.82 bits per heavy atom. The number of hydrogen-bond donors (Lipinski definition) is 3. The fraction of sp³-hybridized carbons (Fsp3) is 0.556. The molecule has 1 aliphatic rings. The summed E-state index contributed by atoms with van der Waals surface area (Å²) >= 11 is 0. The maximum absolute atomic E-state index is 13.1. The predicted molar refractivity (Wildman–Crippen MR) is 143 cm³/mol. The number of hydrogen-bond acceptors (Lipinski definition) is 9. The molecule has 39 heavy (non-hydrogen) atoms. The van der Waals surface area contributed by atoms with E-state index in [2.05, 4.69) is 20.8 Å². The number of carbonyl (C=O) groups excluding carboxylic acids is 3. The maximum Gasteiger partial charge on any atom is 0.305 e. The number of carboxylic acids is 1. The van der Waals surface area contributed by atoms with Crippen LogP contribution in [0.25, 0.3) is 11.5 Å². The van der Waals surface area contributed by atoms with E-state index in [0.29, 0.717) is 16.9 Å². The van der Waals surface area contributed by atoms with Gasteiger partial charge in [0.2, 0.25) is 11.8 Å². The summed E-state index contributed by atoms with van der Waals surface area (Å²) in [4.78, 5) is 56.2. The summed E-state index contributed by atoms with van der Waals surface area (Å²) in [5.41, 5.74) is 1.15. The standard InChI is InChI=1S/C25H33N5O7.C2H6/c1-15(2)23(24(35)28-18(12-22(33)34)19(31)13-30-8-4-5-9-30)29-21(32)11-17-10-16(6-7-20(17)36-3)25-26-14-27-37-25;1-2/h6-7,10,14-15,18,23H,4-5,8-9,11-13H2,1-3H3,(H,28,35)(H,29,32)(H,33,34);1-2H3. The lowest BCUT2D eigenvalue weighted by Gasteiger charge is -2.25. The molecule has 2 amide bonds. The zero-order valence-corrected chi connectivity index (χ0v) is 23.2. The number of amides is 2. The molecule has 2 aromatic rings. The van der Waals surface area contributed by atoms with Crippen LogP contribution in [-0.4, -0.2) is 82.5 Å². The van der Waals surface area contributed by atoms with Crippen LogP contribution in [0.4, 0.5) is 0 Å². The molecule has 1 saturated heterocycles. The lowest BCUT2D eigenvalue weighted by Crippen LogP contribution is -2.55. The number of carbonyl (C=O) groups is 4. The quantitative estimate of drug-likeness (QED) is 0.339. The van der Waals surface area contributed by atoms with E-state index in [0.717, 1.165) is 25.9 Å². The van der Waals surface area contributed by atoms with E-state index in [1.165, 1.54) is 13.4 Å². The van der Waals surface area contributed by atoms with Gasteiger partial charge in [-0.1, -0.05) is 32.9 Å². The lowest BCUT2D eigenvalue weighted by atomic mass is 10.0. The molecule has 12 heteroatoms. The summed E-state index contributed by atoms with van der Waals surface area (Å²) in [5, 5.41) is 18.2. The highest BCUT2D eigenvalue weighted by atomic mass is 16.5. The molecule has 1 aliphatic heterocycles. The first-order chi connectivity index (χ1) is 18.7. The number of aromatic nitrogens is 2. The highest BCUT2D eigenvalue weighted by Crippen LogP contribution is 2.26. The third kappa shape index (κ3) is 9.47. The molecule has 2 atom stereocenters. The molecule has 2 unspecified atom stereocenters. The number of benzene rings is 1. The van der Waals surface area contributed by atoms with Crippen molar-refractivity contribution in [1.29, 1.82) is 0 Å². The van der Waals surface area contributed by atoms with Crippen molar-refractivity contribution >= 4 is 23.6 Å². The first-order valence-corrected chi connectivity index (χ1v) is 13.2. The molecule has 12 nitrogen and oxygen atoms in total. The third-order valence-electron chi connectivity index (χ3n) is 6.17. The Labute approximate surface area is 228 Å². The summed E-state index contributed by atoms with van der Waals surface area (Å²) in [6.45, 7) is 9.11. The molecule has 2 heterocycles. The summed E-state index contributed by atoms with van der Waals surface area (Å²) in [5.74, 6) is -2.20. The van der Waals surface area contributed by atoms with E-state index in [1.807, 2.05) is 18.7 Å². The van der Waals surface area contributed by atoms with Crippen molar-refractivity contribution in [3.05, 3.63) is 30.1 Å². The fourth-order valence-electron chi connectivity index (χ4n) is 4.24. The van der Waals surface area contributed by atoms with E-state index >= 15 is 0 Å². The second-order valence-electron chi connectivity index (χ2n) is 9.35. The Morgan fingerprint density at radius 1 is 1.13 bits per heavy atom. The van der Waals surface area contributed by atoms with Gasteiger partial charge >= 0.3 is 5.97 Å².